The van der Waals surface area contributed by atoms with Gasteiger partial charge in [0.05, 0.1) is 27.9 Å². The molecule has 3 aromatic rings. The zero-order chi connectivity index (χ0) is 33.3. The number of alkyl halides is 6. The number of benzene rings is 3. The van der Waals surface area contributed by atoms with Crippen molar-refractivity contribution in [2.24, 2.45) is 0 Å². The highest BCUT2D eigenvalue weighted by atomic mass is 19.4. The van der Waals surface area contributed by atoms with Crippen LogP contribution < -0.4 is 4.90 Å². The molecule has 2 fully saturated rings. The molecule has 12 heteroatoms. The van der Waals surface area contributed by atoms with E-state index in [-0.39, 0.29) is 67.7 Å². The number of ketones is 1. The Morgan fingerprint density at radius 3 is 1.70 bits per heavy atom. The number of halogens is 7. The number of anilines is 1. The van der Waals surface area contributed by atoms with E-state index < -0.39 is 40.5 Å². The summed E-state index contributed by atoms with van der Waals surface area (Å²) in [6, 6.07) is 13.7. The molecule has 0 aliphatic carbocycles. The van der Waals surface area contributed by atoms with Gasteiger partial charge in [0, 0.05) is 38.3 Å². The second-order valence-corrected chi connectivity index (χ2v) is 12.2. The van der Waals surface area contributed by atoms with Crippen LogP contribution in [0.1, 0.15) is 71.1 Å². The highest BCUT2D eigenvalue weighted by molar-refractivity contribution is 5.96. The quantitative estimate of drug-likeness (QED) is 0.198. The molecule has 5 nitrogen and oxygen atoms in total. The Morgan fingerprint density at radius 1 is 0.717 bits per heavy atom. The van der Waals surface area contributed by atoms with E-state index in [1.807, 2.05) is 9.80 Å². The summed E-state index contributed by atoms with van der Waals surface area (Å²) >= 11 is 0. The van der Waals surface area contributed by atoms with Crippen LogP contribution in [0.25, 0.3) is 0 Å². The Kier molecular flexibility index (Phi) is 9.54. The lowest BCUT2D eigenvalue weighted by Gasteiger charge is -2.40. The van der Waals surface area contributed by atoms with Crippen LogP contribution in [-0.2, 0) is 23.6 Å². The minimum Gasteiger partial charge on any atom is -0.385 e. The summed E-state index contributed by atoms with van der Waals surface area (Å²) in [4.78, 5) is 16.7. The third-order valence-corrected chi connectivity index (χ3v) is 9.22. The molecule has 2 N–H and O–H groups in total. The second kappa shape index (κ2) is 13.0. The number of piperidine rings is 2. The summed E-state index contributed by atoms with van der Waals surface area (Å²) in [6.07, 6.45) is -7.74. The van der Waals surface area contributed by atoms with E-state index in [1.165, 1.54) is 36.4 Å². The number of hydrogen-bond acceptors (Lipinski definition) is 5. The summed E-state index contributed by atoms with van der Waals surface area (Å²) in [5, 5.41) is 22.1. The summed E-state index contributed by atoms with van der Waals surface area (Å²) < 4.78 is 93.9. The number of nitrogens with zero attached hydrogens (tertiary/aromatic N) is 2. The SMILES string of the molecule is O=C(CCCN1CCC(O)(c2cccc(C(F)(F)F)c2)CC1)c1ccc(N2CCC(O)(c3cccc(C(F)(F)F)c3)CC2)cc1F. The van der Waals surface area contributed by atoms with Gasteiger partial charge >= 0.3 is 12.4 Å². The lowest BCUT2D eigenvalue weighted by Crippen LogP contribution is -2.43. The number of aliphatic hydroxyl groups is 2. The fourth-order valence-electron chi connectivity index (χ4n) is 6.35. The molecular weight excluding hydrogens is 617 g/mol. The number of Topliss-reactive ketones (excluding diaryl/α,β-unsaturated/α-hetero) is 1. The lowest BCUT2D eigenvalue weighted by atomic mass is 9.83. The van der Waals surface area contributed by atoms with Crippen LogP contribution in [-0.4, -0.2) is 53.6 Å². The number of rotatable bonds is 8. The smallest absolute Gasteiger partial charge is 0.385 e. The topological polar surface area (TPSA) is 64.0 Å². The summed E-state index contributed by atoms with van der Waals surface area (Å²) in [5.41, 5.74) is -3.60. The maximum atomic E-state index is 15.0. The molecule has 0 amide bonds. The fourth-order valence-corrected chi connectivity index (χ4v) is 6.35. The van der Waals surface area contributed by atoms with Gasteiger partial charge in [-0.1, -0.05) is 24.3 Å². The Morgan fingerprint density at radius 2 is 1.22 bits per heavy atom. The Balaban J connectivity index is 1.10. The Labute approximate surface area is 262 Å². The zero-order valence-corrected chi connectivity index (χ0v) is 25.0. The van der Waals surface area contributed by atoms with Gasteiger partial charge in [-0.25, -0.2) is 4.39 Å². The van der Waals surface area contributed by atoms with Gasteiger partial charge in [-0.2, -0.15) is 26.3 Å². The highest BCUT2D eigenvalue weighted by Gasteiger charge is 2.38. The molecule has 3 aromatic carbocycles. The summed E-state index contributed by atoms with van der Waals surface area (Å²) in [6.45, 7) is 1.93. The molecular formula is C34H35F7N2O3. The second-order valence-electron chi connectivity index (χ2n) is 12.2. The molecule has 0 aromatic heterocycles. The first-order chi connectivity index (χ1) is 21.6. The van der Waals surface area contributed by atoms with E-state index in [0.29, 0.717) is 31.7 Å². The molecule has 2 saturated heterocycles. The van der Waals surface area contributed by atoms with E-state index in [4.69, 9.17) is 0 Å². The first kappa shape index (κ1) is 33.9. The highest BCUT2D eigenvalue weighted by Crippen LogP contribution is 2.39. The van der Waals surface area contributed by atoms with Gasteiger partial charge < -0.3 is 20.0 Å². The van der Waals surface area contributed by atoms with Crippen LogP contribution in [0.3, 0.4) is 0 Å². The van der Waals surface area contributed by atoms with Crippen molar-refractivity contribution in [3.8, 4) is 0 Å². The zero-order valence-electron chi connectivity index (χ0n) is 25.0. The first-order valence-electron chi connectivity index (χ1n) is 15.2. The lowest BCUT2D eigenvalue weighted by molar-refractivity contribution is -0.138. The number of hydrogen-bond donors (Lipinski definition) is 2. The van der Waals surface area contributed by atoms with Gasteiger partial charge in [-0.05, 0) is 92.2 Å². The van der Waals surface area contributed by atoms with Crippen LogP contribution in [0.15, 0.2) is 66.7 Å². The monoisotopic (exact) mass is 652 g/mol. The molecule has 248 valence electrons. The predicted molar refractivity (Wildman–Crippen MR) is 158 cm³/mol. The van der Waals surface area contributed by atoms with Crippen molar-refractivity contribution in [1.29, 1.82) is 0 Å². The number of carbonyl (C=O) groups is 1. The number of carbonyl (C=O) groups excluding carboxylic acids is 1. The molecule has 0 radical (unpaired) electrons. The summed E-state index contributed by atoms with van der Waals surface area (Å²) in [5.74, 6) is -1.07. The van der Waals surface area contributed by atoms with E-state index in [9.17, 15) is 41.4 Å². The average Bonchev–Trinajstić information content (AvgIpc) is 3.01. The molecule has 2 aliphatic heterocycles. The van der Waals surface area contributed by atoms with Gasteiger partial charge in [-0.3, -0.25) is 4.79 Å². The first-order valence-corrected chi connectivity index (χ1v) is 15.2. The van der Waals surface area contributed by atoms with Crippen LogP contribution in [0.4, 0.5) is 36.4 Å². The average molecular weight is 653 g/mol. The van der Waals surface area contributed by atoms with Crippen molar-refractivity contribution in [3.63, 3.8) is 0 Å². The minimum absolute atomic E-state index is 0.0567. The van der Waals surface area contributed by atoms with E-state index >= 15 is 4.39 Å². The normalized spacial score (nSPS) is 18.8. The van der Waals surface area contributed by atoms with Crippen molar-refractivity contribution in [2.75, 3.05) is 37.6 Å². The van der Waals surface area contributed by atoms with Crippen LogP contribution in [0.5, 0.6) is 0 Å². The Bertz CT molecular complexity index is 1540. The third-order valence-electron chi connectivity index (χ3n) is 9.22. The van der Waals surface area contributed by atoms with Gasteiger partial charge in [0.25, 0.3) is 0 Å². The molecule has 0 atom stereocenters. The largest absolute Gasteiger partial charge is 0.416 e. The molecule has 0 spiro atoms. The molecule has 5 rings (SSSR count). The third kappa shape index (κ3) is 7.56. The van der Waals surface area contributed by atoms with Crippen molar-refractivity contribution in [2.45, 2.75) is 62.1 Å². The van der Waals surface area contributed by atoms with Gasteiger partial charge in [0.1, 0.15) is 5.82 Å². The van der Waals surface area contributed by atoms with Crippen LogP contribution in [0, 0.1) is 5.82 Å². The van der Waals surface area contributed by atoms with E-state index in [2.05, 4.69) is 0 Å². The maximum Gasteiger partial charge on any atom is 0.416 e. The molecule has 2 heterocycles. The van der Waals surface area contributed by atoms with Crippen molar-refractivity contribution in [3.05, 3.63) is 100 Å². The van der Waals surface area contributed by atoms with Crippen molar-refractivity contribution in [1.82, 2.24) is 4.90 Å². The van der Waals surface area contributed by atoms with Gasteiger partial charge in [0.15, 0.2) is 5.78 Å². The van der Waals surface area contributed by atoms with Gasteiger partial charge in [-0.15, -0.1) is 0 Å². The maximum absolute atomic E-state index is 15.0. The predicted octanol–water partition coefficient (Wildman–Crippen LogP) is 7.30. The van der Waals surface area contributed by atoms with Crippen LogP contribution >= 0.6 is 0 Å². The van der Waals surface area contributed by atoms with Gasteiger partial charge in [0.2, 0.25) is 0 Å². The summed E-state index contributed by atoms with van der Waals surface area (Å²) in [7, 11) is 0. The minimum atomic E-state index is -4.52. The molecule has 0 saturated carbocycles. The molecule has 0 unspecified atom stereocenters. The standard InChI is InChI=1S/C34H35F7N2O3/c35-29-22-27(43-18-13-32(46,14-19-43)24-5-2-7-26(21-24)34(39,40)41)9-10-28(29)30(44)8-3-15-42-16-11-31(45,12-17-42)23-4-1-6-25(20-23)33(36,37)38/h1-2,4-7,9-10,20-22,45-46H,3,8,11-19H2. The van der Waals surface area contributed by atoms with Crippen molar-refractivity contribution >= 4 is 11.5 Å². The molecule has 46 heavy (non-hydrogen) atoms. The molecule has 2 aliphatic rings. The van der Waals surface area contributed by atoms with Crippen LogP contribution in [0.2, 0.25) is 0 Å². The fraction of sp³-hybridized carbons (Fsp3) is 0.441. The number of likely N-dealkylation sites (tertiary alicyclic amines) is 1. The molecule has 0 bridgehead atoms. The van der Waals surface area contributed by atoms with E-state index in [1.54, 1.807) is 6.07 Å². The van der Waals surface area contributed by atoms with Crippen molar-refractivity contribution < 1.29 is 45.7 Å². The van der Waals surface area contributed by atoms with E-state index in [0.717, 1.165) is 24.3 Å². The Hall–Kier alpha value is -3.48.